The number of nitrogens with zero attached hydrogens (tertiary/aromatic N) is 2. The van der Waals surface area contributed by atoms with E-state index in [1.165, 1.54) is 0 Å². The maximum atomic E-state index is 12.0. The van der Waals surface area contributed by atoms with Gasteiger partial charge in [0.2, 0.25) is 0 Å². The van der Waals surface area contributed by atoms with Crippen molar-refractivity contribution in [2.45, 2.75) is 52.6 Å². The molecule has 0 radical (unpaired) electrons. The van der Waals surface area contributed by atoms with Gasteiger partial charge in [-0.05, 0) is 34.6 Å². The average Bonchev–Trinajstić information content (AvgIpc) is 2.68. The summed E-state index contributed by atoms with van der Waals surface area (Å²) >= 11 is 0. The quantitative estimate of drug-likeness (QED) is 0.894. The third-order valence-electron chi connectivity index (χ3n) is 2.86. The molecule has 0 fully saturated rings. The van der Waals surface area contributed by atoms with Gasteiger partial charge in [-0.3, -0.25) is 4.68 Å². The number of amides is 2. The van der Waals surface area contributed by atoms with Crippen LogP contribution in [0.4, 0.5) is 13.6 Å². The van der Waals surface area contributed by atoms with E-state index in [9.17, 15) is 13.6 Å². The van der Waals surface area contributed by atoms with Gasteiger partial charge in [0.05, 0.1) is 23.8 Å². The lowest BCUT2D eigenvalue weighted by Gasteiger charge is -2.19. The molecule has 0 aromatic carbocycles. The van der Waals surface area contributed by atoms with Gasteiger partial charge in [-0.15, -0.1) is 0 Å². The molecule has 0 saturated heterocycles. The number of carbonyl (C=O) groups excluding carboxylic acids is 1. The highest BCUT2D eigenvalue weighted by atomic mass is 19.3. The summed E-state index contributed by atoms with van der Waals surface area (Å²) in [6.45, 7) is 9.06. The lowest BCUT2D eigenvalue weighted by molar-refractivity contribution is 0.146. The highest BCUT2D eigenvalue weighted by Crippen LogP contribution is 2.20. The standard InChI is InChI=1S/C13H22F2N4O/c1-8(17-12(20)16-6-11(14)15)10-7-19(13(3,4)5)18-9(10)2/h7-8,11H,6H2,1-5H3,(H2,16,17,20)/t8-/m0/s1. The van der Waals surface area contributed by atoms with Crippen LogP contribution in [-0.4, -0.2) is 28.8 Å². The molecule has 5 nitrogen and oxygen atoms in total. The van der Waals surface area contributed by atoms with E-state index in [1.54, 1.807) is 6.92 Å². The molecule has 0 saturated carbocycles. The summed E-state index contributed by atoms with van der Waals surface area (Å²) in [7, 11) is 0. The third-order valence-corrected chi connectivity index (χ3v) is 2.86. The minimum Gasteiger partial charge on any atom is -0.332 e. The molecule has 1 aromatic rings. The molecule has 0 unspecified atom stereocenters. The first-order valence-corrected chi connectivity index (χ1v) is 6.50. The molecule has 7 heteroatoms. The van der Waals surface area contributed by atoms with Crippen LogP contribution >= 0.6 is 0 Å². The second-order valence-corrected chi connectivity index (χ2v) is 5.75. The van der Waals surface area contributed by atoms with E-state index in [4.69, 9.17) is 0 Å². The van der Waals surface area contributed by atoms with Gasteiger partial charge in [-0.2, -0.15) is 5.10 Å². The van der Waals surface area contributed by atoms with Crippen molar-refractivity contribution >= 4 is 6.03 Å². The third kappa shape index (κ3) is 4.47. The normalized spacial score (nSPS) is 13.4. The maximum Gasteiger partial charge on any atom is 0.315 e. The predicted octanol–water partition coefficient (Wildman–Crippen LogP) is 2.57. The van der Waals surface area contributed by atoms with Crippen molar-refractivity contribution in [2.75, 3.05) is 6.54 Å². The van der Waals surface area contributed by atoms with E-state index in [1.807, 2.05) is 38.6 Å². The van der Waals surface area contributed by atoms with Gasteiger partial charge in [0.25, 0.3) is 6.43 Å². The van der Waals surface area contributed by atoms with E-state index >= 15 is 0 Å². The number of carbonyl (C=O) groups is 1. The molecule has 20 heavy (non-hydrogen) atoms. The van der Waals surface area contributed by atoms with Crippen LogP contribution in [0.15, 0.2) is 6.20 Å². The fraction of sp³-hybridized carbons (Fsp3) is 0.692. The number of aromatic nitrogens is 2. The summed E-state index contributed by atoms with van der Waals surface area (Å²) in [4.78, 5) is 11.5. The zero-order valence-electron chi connectivity index (χ0n) is 12.5. The van der Waals surface area contributed by atoms with Crippen LogP contribution in [-0.2, 0) is 5.54 Å². The first-order chi connectivity index (χ1) is 9.11. The maximum absolute atomic E-state index is 12.0. The topological polar surface area (TPSA) is 59.0 Å². The fourth-order valence-electron chi connectivity index (χ4n) is 1.74. The monoisotopic (exact) mass is 288 g/mol. The Kier molecular flexibility index (Phi) is 5.08. The van der Waals surface area contributed by atoms with E-state index in [0.29, 0.717) is 0 Å². The van der Waals surface area contributed by atoms with Gasteiger partial charge in [0, 0.05) is 11.8 Å². The lowest BCUT2D eigenvalue weighted by atomic mass is 10.1. The molecule has 0 bridgehead atoms. The SMILES string of the molecule is Cc1nn(C(C)(C)C)cc1[C@H](C)NC(=O)NCC(F)F. The van der Waals surface area contributed by atoms with E-state index in [2.05, 4.69) is 15.7 Å². The molecule has 1 aromatic heterocycles. The minimum atomic E-state index is -2.55. The van der Waals surface area contributed by atoms with E-state index in [-0.39, 0.29) is 11.6 Å². The van der Waals surface area contributed by atoms with Gasteiger partial charge in [-0.25, -0.2) is 13.6 Å². The number of rotatable bonds is 4. The number of alkyl halides is 2. The van der Waals surface area contributed by atoms with Crippen molar-refractivity contribution < 1.29 is 13.6 Å². The Morgan fingerprint density at radius 1 is 1.45 bits per heavy atom. The first-order valence-electron chi connectivity index (χ1n) is 6.50. The molecule has 0 aliphatic rings. The molecule has 0 aliphatic carbocycles. The summed E-state index contributed by atoms with van der Waals surface area (Å²) in [5.41, 5.74) is 1.52. The number of nitrogens with one attached hydrogen (secondary N) is 2. The highest BCUT2D eigenvalue weighted by Gasteiger charge is 2.20. The Labute approximate surface area is 117 Å². The number of hydrogen-bond acceptors (Lipinski definition) is 2. The van der Waals surface area contributed by atoms with Crippen LogP contribution in [0.5, 0.6) is 0 Å². The van der Waals surface area contributed by atoms with Crippen molar-refractivity contribution in [2.24, 2.45) is 0 Å². The van der Waals surface area contributed by atoms with Crippen molar-refractivity contribution in [3.8, 4) is 0 Å². The molecular formula is C13H22F2N4O. The summed E-state index contributed by atoms with van der Waals surface area (Å²) in [6.07, 6.45) is -0.686. The Bertz CT molecular complexity index is 465. The Morgan fingerprint density at radius 3 is 2.50 bits per heavy atom. The summed E-state index contributed by atoms with van der Waals surface area (Å²) in [5, 5.41) is 9.14. The van der Waals surface area contributed by atoms with E-state index < -0.39 is 19.0 Å². The first kappa shape index (κ1) is 16.4. The van der Waals surface area contributed by atoms with Crippen molar-refractivity contribution in [3.63, 3.8) is 0 Å². The fourth-order valence-corrected chi connectivity index (χ4v) is 1.74. The average molecular weight is 288 g/mol. The zero-order valence-corrected chi connectivity index (χ0v) is 12.5. The number of halogens is 2. The molecule has 1 atom stereocenters. The molecule has 114 valence electrons. The summed E-state index contributed by atoms with van der Waals surface area (Å²) in [6, 6.07) is -0.913. The number of aryl methyl sites for hydroxylation is 1. The predicted molar refractivity (Wildman–Crippen MR) is 72.9 cm³/mol. The van der Waals surface area contributed by atoms with Gasteiger partial charge in [-0.1, -0.05) is 0 Å². The van der Waals surface area contributed by atoms with Crippen LogP contribution in [0, 0.1) is 6.92 Å². The van der Waals surface area contributed by atoms with Gasteiger partial charge in [0.15, 0.2) is 0 Å². The molecule has 0 aliphatic heterocycles. The molecule has 1 rings (SSSR count). The molecule has 2 amide bonds. The van der Waals surface area contributed by atoms with Crippen LogP contribution < -0.4 is 10.6 Å². The number of hydrogen-bond donors (Lipinski definition) is 2. The summed E-state index contributed by atoms with van der Waals surface area (Å²) in [5.74, 6) is 0. The largest absolute Gasteiger partial charge is 0.332 e. The van der Waals surface area contributed by atoms with Crippen LogP contribution in [0.3, 0.4) is 0 Å². The second-order valence-electron chi connectivity index (χ2n) is 5.75. The Morgan fingerprint density at radius 2 is 2.05 bits per heavy atom. The summed E-state index contributed by atoms with van der Waals surface area (Å²) < 4.78 is 25.8. The molecule has 2 N–H and O–H groups in total. The van der Waals surface area contributed by atoms with Crippen LogP contribution in [0.2, 0.25) is 0 Å². The van der Waals surface area contributed by atoms with Gasteiger partial charge in [0.1, 0.15) is 0 Å². The van der Waals surface area contributed by atoms with Crippen LogP contribution in [0.1, 0.15) is 45.0 Å². The molecule has 0 spiro atoms. The molecular weight excluding hydrogens is 266 g/mol. The Hall–Kier alpha value is -1.66. The van der Waals surface area contributed by atoms with E-state index in [0.717, 1.165) is 11.3 Å². The van der Waals surface area contributed by atoms with Gasteiger partial charge < -0.3 is 10.6 Å². The molecule has 1 heterocycles. The second kappa shape index (κ2) is 6.19. The van der Waals surface area contributed by atoms with Crippen molar-refractivity contribution in [1.29, 1.82) is 0 Å². The lowest BCUT2D eigenvalue weighted by Crippen LogP contribution is -2.39. The zero-order chi connectivity index (χ0) is 15.5. The Balaban J connectivity index is 2.70. The minimum absolute atomic E-state index is 0.152. The smallest absolute Gasteiger partial charge is 0.315 e. The number of urea groups is 1. The highest BCUT2D eigenvalue weighted by molar-refractivity contribution is 5.74. The van der Waals surface area contributed by atoms with Gasteiger partial charge >= 0.3 is 6.03 Å². The van der Waals surface area contributed by atoms with Crippen molar-refractivity contribution in [1.82, 2.24) is 20.4 Å². The van der Waals surface area contributed by atoms with Crippen LogP contribution in [0.25, 0.3) is 0 Å². The van der Waals surface area contributed by atoms with Crippen molar-refractivity contribution in [3.05, 3.63) is 17.5 Å².